The molecule has 4 nitrogen and oxygen atoms in total. The molecule has 172 valence electrons. The Morgan fingerprint density at radius 3 is 1.55 bits per heavy atom. The van der Waals surface area contributed by atoms with Crippen molar-refractivity contribution in [3.63, 3.8) is 0 Å². The van der Waals surface area contributed by atoms with Crippen LogP contribution >= 0.6 is 0 Å². The number of ether oxygens (including phenoxy) is 2. The van der Waals surface area contributed by atoms with Gasteiger partial charge in [0.2, 0.25) is 0 Å². The summed E-state index contributed by atoms with van der Waals surface area (Å²) in [6, 6.07) is 0. The van der Waals surface area contributed by atoms with E-state index >= 15 is 0 Å². The van der Waals surface area contributed by atoms with Crippen LogP contribution in [0.25, 0.3) is 0 Å². The van der Waals surface area contributed by atoms with Crippen molar-refractivity contribution in [1.82, 2.24) is 0 Å². The van der Waals surface area contributed by atoms with Gasteiger partial charge < -0.3 is 9.47 Å². The topological polar surface area (TPSA) is 52.6 Å². The standard InChI is InChI=1S/C16H30O2.C9H18O2/c1-7-16(5,6)14(17)18-13-10-8-12(9-11-13)15(2,3)4;1-6-9(4,5)8(10)11-7(2)3/h12-13H,7-11H2,1-6H3;7H,6H2,1-5H3. The zero-order valence-electron chi connectivity index (χ0n) is 21.1. The minimum atomic E-state index is -0.332. The molecule has 4 heteroatoms. The van der Waals surface area contributed by atoms with Gasteiger partial charge in [-0.3, -0.25) is 9.59 Å². The third-order valence-corrected chi connectivity index (χ3v) is 6.39. The van der Waals surface area contributed by atoms with Gasteiger partial charge >= 0.3 is 11.9 Å². The fourth-order valence-corrected chi connectivity index (χ4v) is 3.02. The van der Waals surface area contributed by atoms with Crippen molar-refractivity contribution in [2.45, 2.75) is 127 Å². The highest BCUT2D eigenvalue weighted by Crippen LogP contribution is 2.39. The fourth-order valence-electron chi connectivity index (χ4n) is 3.02. The van der Waals surface area contributed by atoms with Gasteiger partial charge in [-0.15, -0.1) is 0 Å². The lowest BCUT2D eigenvalue weighted by atomic mass is 9.72. The summed E-state index contributed by atoms with van der Waals surface area (Å²) in [5, 5.41) is 0. The molecule has 0 aromatic rings. The van der Waals surface area contributed by atoms with Gasteiger partial charge in [0, 0.05) is 0 Å². The SMILES string of the molecule is CCC(C)(C)C(=O)OC(C)C.CCC(C)(C)C(=O)OC1CCC(C(C)(C)C)CC1. The highest BCUT2D eigenvalue weighted by atomic mass is 16.5. The number of hydrogen-bond donors (Lipinski definition) is 0. The lowest BCUT2D eigenvalue weighted by Gasteiger charge is -2.37. The minimum Gasteiger partial charge on any atom is -0.463 e. The van der Waals surface area contributed by atoms with Crippen molar-refractivity contribution < 1.29 is 19.1 Å². The Kier molecular flexibility index (Phi) is 10.9. The van der Waals surface area contributed by atoms with Crippen LogP contribution in [0.3, 0.4) is 0 Å². The second-order valence-electron chi connectivity index (χ2n) is 11.2. The summed E-state index contributed by atoms with van der Waals surface area (Å²) in [5.74, 6) is 0.644. The first-order valence-corrected chi connectivity index (χ1v) is 11.5. The molecular weight excluding hydrogens is 364 g/mol. The van der Waals surface area contributed by atoms with Gasteiger partial charge in [-0.1, -0.05) is 34.6 Å². The maximum Gasteiger partial charge on any atom is 0.311 e. The van der Waals surface area contributed by atoms with Crippen LogP contribution in [-0.4, -0.2) is 24.1 Å². The fraction of sp³-hybridized carbons (Fsp3) is 0.920. The molecule has 1 fully saturated rings. The Hall–Kier alpha value is -1.06. The van der Waals surface area contributed by atoms with Crippen LogP contribution in [-0.2, 0) is 19.1 Å². The first-order chi connectivity index (χ1) is 13.1. The van der Waals surface area contributed by atoms with Gasteiger partial charge in [-0.2, -0.15) is 0 Å². The van der Waals surface area contributed by atoms with E-state index in [4.69, 9.17) is 9.47 Å². The zero-order valence-corrected chi connectivity index (χ0v) is 21.1. The number of rotatable bonds is 6. The molecule has 0 heterocycles. The summed E-state index contributed by atoms with van der Waals surface area (Å²) in [4.78, 5) is 23.3. The Morgan fingerprint density at radius 2 is 1.21 bits per heavy atom. The van der Waals surface area contributed by atoms with Crippen LogP contribution < -0.4 is 0 Å². The Balaban J connectivity index is 0.000000614. The molecule has 0 amide bonds. The molecule has 0 bridgehead atoms. The van der Waals surface area contributed by atoms with E-state index in [2.05, 4.69) is 20.8 Å². The van der Waals surface area contributed by atoms with Crippen LogP contribution in [0.5, 0.6) is 0 Å². The van der Waals surface area contributed by atoms with E-state index in [0.717, 1.165) is 31.6 Å². The van der Waals surface area contributed by atoms with Crippen molar-refractivity contribution >= 4 is 11.9 Å². The predicted molar refractivity (Wildman–Crippen MR) is 121 cm³/mol. The average molecular weight is 413 g/mol. The van der Waals surface area contributed by atoms with Gasteiger partial charge in [0.1, 0.15) is 6.10 Å². The van der Waals surface area contributed by atoms with E-state index in [1.807, 2.05) is 55.4 Å². The molecule has 0 aliphatic heterocycles. The van der Waals surface area contributed by atoms with Gasteiger partial charge in [-0.25, -0.2) is 0 Å². The zero-order chi connectivity index (χ0) is 23.0. The molecule has 0 saturated heterocycles. The van der Waals surface area contributed by atoms with Crippen LogP contribution in [0.15, 0.2) is 0 Å². The van der Waals surface area contributed by atoms with Crippen molar-refractivity contribution in [2.75, 3.05) is 0 Å². The van der Waals surface area contributed by atoms with Crippen LogP contribution in [0.4, 0.5) is 0 Å². The first kappa shape index (κ1) is 27.9. The largest absolute Gasteiger partial charge is 0.463 e. The van der Waals surface area contributed by atoms with E-state index in [-0.39, 0.29) is 35.0 Å². The molecule has 29 heavy (non-hydrogen) atoms. The van der Waals surface area contributed by atoms with Crippen molar-refractivity contribution in [3.8, 4) is 0 Å². The number of esters is 2. The molecule has 0 unspecified atom stereocenters. The van der Waals surface area contributed by atoms with Gasteiger partial charge in [0.25, 0.3) is 0 Å². The summed E-state index contributed by atoms with van der Waals surface area (Å²) >= 11 is 0. The highest BCUT2D eigenvalue weighted by molar-refractivity contribution is 5.76. The maximum atomic E-state index is 12.0. The third kappa shape index (κ3) is 10.00. The van der Waals surface area contributed by atoms with Crippen LogP contribution in [0, 0.1) is 22.2 Å². The highest BCUT2D eigenvalue weighted by Gasteiger charge is 2.34. The van der Waals surface area contributed by atoms with Crippen molar-refractivity contribution in [2.24, 2.45) is 22.2 Å². The number of carbonyl (C=O) groups is 2. The molecule has 0 aromatic carbocycles. The molecule has 0 atom stereocenters. The molecule has 1 rings (SSSR count). The molecule has 0 aromatic heterocycles. The molecule has 0 radical (unpaired) electrons. The van der Waals surface area contributed by atoms with E-state index in [1.54, 1.807) is 0 Å². The summed E-state index contributed by atoms with van der Waals surface area (Å²) in [6.07, 6.45) is 6.25. The van der Waals surface area contributed by atoms with Crippen LogP contribution in [0.1, 0.15) is 115 Å². The van der Waals surface area contributed by atoms with Gasteiger partial charge in [-0.05, 0) is 91.4 Å². The lowest BCUT2D eigenvalue weighted by molar-refractivity contribution is -0.162. The quantitative estimate of drug-likeness (QED) is 0.443. The molecule has 0 N–H and O–H groups in total. The lowest BCUT2D eigenvalue weighted by Crippen LogP contribution is -2.34. The van der Waals surface area contributed by atoms with Crippen molar-refractivity contribution in [1.29, 1.82) is 0 Å². The smallest absolute Gasteiger partial charge is 0.311 e. The molecule has 1 aliphatic rings. The third-order valence-electron chi connectivity index (χ3n) is 6.39. The van der Waals surface area contributed by atoms with E-state index < -0.39 is 0 Å². The average Bonchev–Trinajstić information content (AvgIpc) is 2.61. The second kappa shape index (κ2) is 11.4. The molecule has 1 aliphatic carbocycles. The van der Waals surface area contributed by atoms with E-state index in [9.17, 15) is 9.59 Å². The second-order valence-corrected chi connectivity index (χ2v) is 11.2. The summed E-state index contributed by atoms with van der Waals surface area (Å²) in [6.45, 7) is 22.4. The van der Waals surface area contributed by atoms with E-state index in [0.29, 0.717) is 5.41 Å². The Morgan fingerprint density at radius 1 is 0.793 bits per heavy atom. The minimum absolute atomic E-state index is 0.00618. The van der Waals surface area contributed by atoms with Crippen molar-refractivity contribution in [3.05, 3.63) is 0 Å². The number of carbonyl (C=O) groups excluding carboxylic acids is 2. The van der Waals surface area contributed by atoms with Gasteiger partial charge in [0.15, 0.2) is 0 Å². The maximum absolute atomic E-state index is 12.0. The van der Waals surface area contributed by atoms with Gasteiger partial charge in [0.05, 0.1) is 16.9 Å². The Bertz CT molecular complexity index is 503. The van der Waals surface area contributed by atoms with E-state index in [1.165, 1.54) is 12.8 Å². The first-order valence-electron chi connectivity index (χ1n) is 11.5. The predicted octanol–water partition coefficient (Wildman–Crippen LogP) is 6.94. The number of hydrogen-bond acceptors (Lipinski definition) is 4. The summed E-state index contributed by atoms with van der Waals surface area (Å²) in [7, 11) is 0. The molecule has 1 saturated carbocycles. The molecule has 0 spiro atoms. The molecular formula is C25H48O4. The summed E-state index contributed by atoms with van der Waals surface area (Å²) < 4.78 is 10.7. The summed E-state index contributed by atoms with van der Waals surface area (Å²) in [5.41, 5.74) is -0.275. The monoisotopic (exact) mass is 412 g/mol. The van der Waals surface area contributed by atoms with Crippen LogP contribution in [0.2, 0.25) is 0 Å². The Labute approximate surface area is 180 Å². The normalized spacial score (nSPS) is 20.6.